The maximum atomic E-state index is 13.0. The minimum Gasteiger partial charge on any atom is -0.462 e. The van der Waals surface area contributed by atoms with Gasteiger partial charge in [-0.2, -0.15) is 0 Å². The maximum absolute atomic E-state index is 13.0. The number of esters is 2. The van der Waals surface area contributed by atoms with Crippen LogP contribution in [0.2, 0.25) is 0 Å². The second-order valence-corrected chi connectivity index (χ2v) is 14.0. The lowest BCUT2D eigenvalue weighted by atomic mass is 9.70. The molecule has 4 aliphatic rings. The van der Waals surface area contributed by atoms with Crippen LogP contribution in [0.1, 0.15) is 92.9 Å². The molecule has 204 valence electrons. The van der Waals surface area contributed by atoms with Crippen molar-refractivity contribution >= 4 is 17.6 Å². The van der Waals surface area contributed by atoms with E-state index in [2.05, 4.69) is 46.4 Å². The van der Waals surface area contributed by atoms with Gasteiger partial charge in [-0.3, -0.25) is 9.59 Å². The van der Waals surface area contributed by atoms with E-state index in [-0.39, 0.29) is 45.8 Å². The van der Waals surface area contributed by atoms with Gasteiger partial charge in [0, 0.05) is 29.6 Å². The minimum atomic E-state index is -0.129. The topological polar surface area (TPSA) is 55.8 Å². The summed E-state index contributed by atoms with van der Waals surface area (Å²) in [6.45, 7) is 15.0. The molecule has 0 radical (unpaired) electrons. The van der Waals surface area contributed by atoms with Crippen LogP contribution in [0.3, 0.4) is 0 Å². The third-order valence-corrected chi connectivity index (χ3v) is 12.3. The predicted molar refractivity (Wildman–Crippen MR) is 146 cm³/mol. The molecule has 1 aromatic carbocycles. The molecule has 5 unspecified atom stereocenters. The van der Waals surface area contributed by atoms with Gasteiger partial charge in [-0.1, -0.05) is 59.7 Å². The molecule has 5 rings (SSSR count). The molecule has 37 heavy (non-hydrogen) atoms. The summed E-state index contributed by atoms with van der Waals surface area (Å²) < 4.78 is 12.2. The first-order chi connectivity index (χ1) is 17.4. The van der Waals surface area contributed by atoms with Crippen molar-refractivity contribution in [1.29, 1.82) is 0 Å². The summed E-state index contributed by atoms with van der Waals surface area (Å²) in [4.78, 5) is 28.0. The van der Waals surface area contributed by atoms with Gasteiger partial charge in [0.05, 0.1) is 12.8 Å². The standard InChI is InChI=1S/C32H47NO4/c1-29(2)22-12-16-31(29,5)25(20-22)36-27(34)14-18-33(24-10-8-7-9-11-24)19-15-28(35)37-26-21-23-13-17-32(26,6)30(23,3)4/h7-11,22-23,25-26H,12-21H2,1-6H3/t22?,23?,25?,26?,31-,32?/m0/s1. The summed E-state index contributed by atoms with van der Waals surface area (Å²) in [6.07, 6.45) is 7.40. The maximum Gasteiger partial charge on any atom is 0.307 e. The second kappa shape index (κ2) is 9.31. The van der Waals surface area contributed by atoms with Crippen molar-refractivity contribution in [3.8, 4) is 0 Å². The van der Waals surface area contributed by atoms with Crippen LogP contribution in [0.4, 0.5) is 5.69 Å². The average molecular weight is 510 g/mol. The van der Waals surface area contributed by atoms with Crippen LogP contribution in [0, 0.1) is 33.5 Å². The number of carbonyl (C=O) groups is 2. The third kappa shape index (κ3) is 4.29. The van der Waals surface area contributed by atoms with Crippen molar-refractivity contribution < 1.29 is 19.1 Å². The van der Waals surface area contributed by atoms with Gasteiger partial charge in [-0.05, 0) is 73.3 Å². The molecule has 4 saturated carbocycles. The normalized spacial score (nSPS) is 36.5. The molecule has 0 saturated heterocycles. The van der Waals surface area contributed by atoms with E-state index in [0.717, 1.165) is 31.4 Å². The Balaban J connectivity index is 1.16. The fourth-order valence-corrected chi connectivity index (χ4v) is 8.51. The van der Waals surface area contributed by atoms with E-state index in [9.17, 15) is 9.59 Å². The zero-order chi connectivity index (χ0) is 26.6. The molecule has 0 aromatic heterocycles. The highest BCUT2D eigenvalue weighted by Gasteiger charge is 2.63. The summed E-state index contributed by atoms with van der Waals surface area (Å²) >= 11 is 0. The Morgan fingerprint density at radius 1 is 0.757 bits per heavy atom. The van der Waals surface area contributed by atoms with Crippen molar-refractivity contribution in [2.45, 2.75) is 105 Å². The zero-order valence-electron chi connectivity index (χ0n) is 23.8. The second-order valence-electron chi connectivity index (χ2n) is 14.0. The van der Waals surface area contributed by atoms with Crippen molar-refractivity contribution in [1.82, 2.24) is 0 Å². The first kappa shape index (κ1) is 26.6. The lowest BCUT2D eigenvalue weighted by Gasteiger charge is -2.38. The highest BCUT2D eigenvalue weighted by Crippen LogP contribution is 2.67. The van der Waals surface area contributed by atoms with Crippen LogP contribution in [-0.2, 0) is 19.1 Å². The van der Waals surface area contributed by atoms with Crippen LogP contribution >= 0.6 is 0 Å². The van der Waals surface area contributed by atoms with Crippen LogP contribution in [0.5, 0.6) is 0 Å². The molecule has 5 heteroatoms. The van der Waals surface area contributed by atoms with Crippen LogP contribution in [-0.4, -0.2) is 37.2 Å². The Morgan fingerprint density at radius 2 is 1.19 bits per heavy atom. The van der Waals surface area contributed by atoms with Gasteiger partial charge in [-0.15, -0.1) is 0 Å². The number of nitrogens with zero attached hydrogens (tertiary/aromatic N) is 1. The number of hydrogen-bond acceptors (Lipinski definition) is 5. The number of anilines is 1. The number of rotatable bonds is 9. The summed E-state index contributed by atoms with van der Waals surface area (Å²) in [5, 5.41) is 0. The van der Waals surface area contributed by atoms with Crippen LogP contribution < -0.4 is 4.90 Å². The quantitative estimate of drug-likeness (QED) is 0.343. The van der Waals surface area contributed by atoms with Crippen molar-refractivity contribution in [3.63, 3.8) is 0 Å². The highest BCUT2D eigenvalue weighted by molar-refractivity contribution is 5.72. The molecule has 4 aliphatic carbocycles. The Labute approximate surface area is 223 Å². The summed E-state index contributed by atoms with van der Waals surface area (Å²) in [5.74, 6) is 1.03. The third-order valence-electron chi connectivity index (χ3n) is 12.3. The van der Waals surface area contributed by atoms with Gasteiger partial charge in [-0.25, -0.2) is 0 Å². The van der Waals surface area contributed by atoms with Crippen molar-refractivity contribution in [2.24, 2.45) is 33.5 Å². The van der Waals surface area contributed by atoms with Gasteiger partial charge in [0.15, 0.2) is 0 Å². The first-order valence-electron chi connectivity index (χ1n) is 14.6. The minimum absolute atomic E-state index is 0.0151. The van der Waals surface area contributed by atoms with Gasteiger partial charge in [0.1, 0.15) is 12.2 Å². The Morgan fingerprint density at radius 3 is 1.54 bits per heavy atom. The SMILES string of the molecule is CC1(C)C2CCC1(C)C(OC(=O)CCN(CCC(=O)OC1CC3CC[C@]1(C)C3(C)C)c1ccccc1)C2. The van der Waals surface area contributed by atoms with Gasteiger partial charge in [0.2, 0.25) is 0 Å². The molecule has 0 N–H and O–H groups in total. The van der Waals surface area contributed by atoms with Gasteiger partial charge < -0.3 is 14.4 Å². The van der Waals surface area contributed by atoms with Crippen LogP contribution in [0.25, 0.3) is 0 Å². The van der Waals surface area contributed by atoms with Crippen LogP contribution in [0.15, 0.2) is 30.3 Å². The molecule has 4 bridgehead atoms. The van der Waals surface area contributed by atoms with Gasteiger partial charge in [0.25, 0.3) is 0 Å². The molecule has 0 aliphatic heterocycles. The number of carbonyl (C=O) groups excluding carboxylic acids is 2. The molecule has 5 nitrogen and oxygen atoms in total. The van der Waals surface area contributed by atoms with Gasteiger partial charge >= 0.3 is 11.9 Å². The first-order valence-corrected chi connectivity index (χ1v) is 14.6. The molecule has 6 atom stereocenters. The number of hydrogen-bond donors (Lipinski definition) is 0. The molecular weight excluding hydrogens is 462 g/mol. The number of para-hydroxylation sites is 1. The Kier molecular flexibility index (Phi) is 6.68. The fraction of sp³-hybridized carbons (Fsp3) is 0.750. The fourth-order valence-electron chi connectivity index (χ4n) is 8.51. The number of fused-ring (bicyclic) bond motifs is 4. The lowest BCUT2D eigenvalue weighted by molar-refractivity contribution is -0.157. The molecule has 0 heterocycles. The Hall–Kier alpha value is -2.04. The van der Waals surface area contributed by atoms with Crippen molar-refractivity contribution in [2.75, 3.05) is 18.0 Å². The Bertz CT molecular complexity index is 957. The van der Waals surface area contributed by atoms with E-state index in [1.807, 2.05) is 30.3 Å². The van der Waals surface area contributed by atoms with Crippen molar-refractivity contribution in [3.05, 3.63) is 30.3 Å². The predicted octanol–water partition coefficient (Wildman–Crippen LogP) is 6.79. The number of benzene rings is 1. The van der Waals surface area contributed by atoms with E-state index in [1.54, 1.807) is 0 Å². The molecule has 4 fully saturated rings. The zero-order valence-corrected chi connectivity index (χ0v) is 23.8. The van der Waals surface area contributed by atoms with E-state index in [0.29, 0.717) is 37.8 Å². The van der Waals surface area contributed by atoms with E-state index < -0.39 is 0 Å². The largest absolute Gasteiger partial charge is 0.462 e. The van der Waals surface area contributed by atoms with E-state index in [4.69, 9.17) is 9.47 Å². The average Bonchev–Trinajstić information content (AvgIpc) is 3.37. The lowest BCUT2D eigenvalue weighted by Crippen LogP contribution is -2.39. The summed E-state index contributed by atoms with van der Waals surface area (Å²) in [5.41, 5.74) is 1.60. The smallest absolute Gasteiger partial charge is 0.307 e. The molecular formula is C32H47NO4. The van der Waals surface area contributed by atoms with E-state index >= 15 is 0 Å². The monoisotopic (exact) mass is 509 g/mol. The highest BCUT2D eigenvalue weighted by atomic mass is 16.5. The number of ether oxygens (including phenoxy) is 2. The summed E-state index contributed by atoms with van der Waals surface area (Å²) in [7, 11) is 0. The molecule has 0 spiro atoms. The van der Waals surface area contributed by atoms with E-state index in [1.165, 1.54) is 12.8 Å². The molecule has 0 amide bonds. The molecule has 1 aromatic rings. The summed E-state index contributed by atoms with van der Waals surface area (Å²) in [6, 6.07) is 10.1.